The quantitative estimate of drug-likeness (QED) is 0.613. The third-order valence-electron chi connectivity index (χ3n) is 3.88. The first-order chi connectivity index (χ1) is 9.04. The van der Waals surface area contributed by atoms with Gasteiger partial charge in [-0.05, 0) is 38.5 Å². The molecule has 3 atom stereocenters. The highest BCUT2D eigenvalue weighted by molar-refractivity contribution is 5.80. The van der Waals surface area contributed by atoms with Crippen LogP contribution < -0.4 is 5.32 Å². The first-order valence-electron chi connectivity index (χ1n) is 7.23. The average Bonchev–Trinajstić information content (AvgIpc) is 2.43. The summed E-state index contributed by atoms with van der Waals surface area (Å²) < 4.78 is 0. The number of rotatable bonds is 7. The van der Waals surface area contributed by atoms with E-state index in [0.29, 0.717) is 25.8 Å². The molecule has 1 aliphatic rings. The molecule has 1 saturated carbocycles. The Bertz CT molecular complexity index is 306. The SMILES string of the molecule is CCC(O)CCCNC(=O)C1CCCC(C(=O)O)C1. The first-order valence-corrected chi connectivity index (χ1v) is 7.23. The number of aliphatic hydroxyl groups excluding tert-OH is 1. The Morgan fingerprint density at radius 1 is 1.32 bits per heavy atom. The van der Waals surface area contributed by atoms with Crippen LogP contribution in [0, 0.1) is 11.8 Å². The van der Waals surface area contributed by atoms with Crippen LogP contribution in [0.1, 0.15) is 51.9 Å². The van der Waals surface area contributed by atoms with Crippen molar-refractivity contribution in [1.29, 1.82) is 0 Å². The van der Waals surface area contributed by atoms with Gasteiger partial charge in [-0.3, -0.25) is 9.59 Å². The summed E-state index contributed by atoms with van der Waals surface area (Å²) in [6.45, 7) is 2.49. The van der Waals surface area contributed by atoms with Gasteiger partial charge in [0.25, 0.3) is 0 Å². The summed E-state index contributed by atoms with van der Waals surface area (Å²) >= 11 is 0. The number of nitrogens with one attached hydrogen (secondary N) is 1. The number of amides is 1. The summed E-state index contributed by atoms with van der Waals surface area (Å²) in [6.07, 6.45) is 4.63. The van der Waals surface area contributed by atoms with Crippen LogP contribution in [-0.2, 0) is 9.59 Å². The highest BCUT2D eigenvalue weighted by Crippen LogP contribution is 2.29. The number of hydrogen-bond acceptors (Lipinski definition) is 3. The van der Waals surface area contributed by atoms with Gasteiger partial charge < -0.3 is 15.5 Å². The van der Waals surface area contributed by atoms with Crippen LogP contribution in [0.5, 0.6) is 0 Å². The number of carboxylic acid groups (broad SMARTS) is 1. The molecule has 110 valence electrons. The summed E-state index contributed by atoms with van der Waals surface area (Å²) in [5, 5.41) is 21.2. The Morgan fingerprint density at radius 2 is 2.00 bits per heavy atom. The van der Waals surface area contributed by atoms with E-state index in [0.717, 1.165) is 25.7 Å². The van der Waals surface area contributed by atoms with Gasteiger partial charge in [-0.15, -0.1) is 0 Å². The normalized spacial score (nSPS) is 24.7. The molecule has 0 aromatic heterocycles. The summed E-state index contributed by atoms with van der Waals surface area (Å²) in [4.78, 5) is 22.8. The topological polar surface area (TPSA) is 86.6 Å². The number of carboxylic acids is 1. The molecule has 5 heteroatoms. The van der Waals surface area contributed by atoms with Crippen molar-refractivity contribution in [3.63, 3.8) is 0 Å². The molecule has 5 nitrogen and oxygen atoms in total. The second-order valence-corrected chi connectivity index (χ2v) is 5.39. The maximum Gasteiger partial charge on any atom is 0.306 e. The molecule has 0 radical (unpaired) electrons. The van der Waals surface area contributed by atoms with E-state index in [1.807, 2.05) is 6.92 Å². The third kappa shape index (κ3) is 5.59. The highest BCUT2D eigenvalue weighted by Gasteiger charge is 2.30. The molecule has 0 aromatic rings. The zero-order chi connectivity index (χ0) is 14.3. The minimum Gasteiger partial charge on any atom is -0.481 e. The van der Waals surface area contributed by atoms with Crippen molar-refractivity contribution in [3.05, 3.63) is 0 Å². The smallest absolute Gasteiger partial charge is 0.306 e. The van der Waals surface area contributed by atoms with Gasteiger partial charge in [0.05, 0.1) is 12.0 Å². The maximum atomic E-state index is 11.9. The summed E-state index contributed by atoms with van der Waals surface area (Å²) in [7, 11) is 0. The van der Waals surface area contributed by atoms with Crippen molar-refractivity contribution < 1.29 is 19.8 Å². The van der Waals surface area contributed by atoms with Gasteiger partial charge in [-0.25, -0.2) is 0 Å². The number of hydrogen-bond donors (Lipinski definition) is 3. The number of carbonyl (C=O) groups excluding carboxylic acids is 1. The molecule has 0 bridgehead atoms. The molecule has 1 fully saturated rings. The van der Waals surface area contributed by atoms with E-state index in [1.54, 1.807) is 0 Å². The van der Waals surface area contributed by atoms with Crippen molar-refractivity contribution in [2.75, 3.05) is 6.54 Å². The Morgan fingerprint density at radius 3 is 2.63 bits per heavy atom. The molecule has 19 heavy (non-hydrogen) atoms. The zero-order valence-electron chi connectivity index (χ0n) is 11.6. The fourth-order valence-corrected chi connectivity index (χ4v) is 2.55. The van der Waals surface area contributed by atoms with Crippen molar-refractivity contribution in [2.45, 2.75) is 58.0 Å². The van der Waals surface area contributed by atoms with Crippen molar-refractivity contribution >= 4 is 11.9 Å². The molecule has 3 N–H and O–H groups in total. The third-order valence-corrected chi connectivity index (χ3v) is 3.88. The Kier molecular flexibility index (Phi) is 6.84. The number of aliphatic carboxylic acids is 1. The molecule has 3 unspecified atom stereocenters. The Hall–Kier alpha value is -1.10. The Balaban J connectivity index is 2.23. The van der Waals surface area contributed by atoms with Gasteiger partial charge in [-0.1, -0.05) is 13.3 Å². The maximum absolute atomic E-state index is 11.9. The van der Waals surface area contributed by atoms with Crippen LogP contribution >= 0.6 is 0 Å². The van der Waals surface area contributed by atoms with E-state index in [2.05, 4.69) is 5.32 Å². The van der Waals surface area contributed by atoms with E-state index >= 15 is 0 Å². The minimum absolute atomic E-state index is 0.0306. The predicted molar refractivity (Wildman–Crippen MR) is 71.6 cm³/mol. The molecule has 1 aliphatic carbocycles. The molecule has 1 rings (SSSR count). The summed E-state index contributed by atoms with van der Waals surface area (Å²) in [5.41, 5.74) is 0. The largest absolute Gasteiger partial charge is 0.481 e. The lowest BCUT2D eigenvalue weighted by atomic mass is 9.81. The highest BCUT2D eigenvalue weighted by atomic mass is 16.4. The lowest BCUT2D eigenvalue weighted by molar-refractivity contribution is -0.144. The van der Waals surface area contributed by atoms with Gasteiger partial charge in [0.1, 0.15) is 0 Å². The number of aliphatic hydroxyl groups is 1. The number of carbonyl (C=O) groups is 2. The van der Waals surface area contributed by atoms with Crippen LogP contribution in [0.2, 0.25) is 0 Å². The van der Waals surface area contributed by atoms with Crippen LogP contribution in [0.25, 0.3) is 0 Å². The minimum atomic E-state index is -0.788. The lowest BCUT2D eigenvalue weighted by Gasteiger charge is -2.25. The molecule has 0 aromatic carbocycles. The molecular weight excluding hydrogens is 246 g/mol. The first kappa shape index (κ1) is 16.0. The van der Waals surface area contributed by atoms with Gasteiger partial charge >= 0.3 is 5.97 Å². The fourth-order valence-electron chi connectivity index (χ4n) is 2.55. The molecule has 0 spiro atoms. The molecule has 0 heterocycles. The fraction of sp³-hybridized carbons (Fsp3) is 0.857. The second-order valence-electron chi connectivity index (χ2n) is 5.39. The van der Waals surface area contributed by atoms with Gasteiger partial charge in [-0.2, -0.15) is 0 Å². The van der Waals surface area contributed by atoms with E-state index in [9.17, 15) is 14.7 Å². The monoisotopic (exact) mass is 271 g/mol. The molecule has 1 amide bonds. The summed E-state index contributed by atoms with van der Waals surface area (Å²) in [5.74, 6) is -1.35. The van der Waals surface area contributed by atoms with E-state index in [1.165, 1.54) is 0 Å². The molecule has 0 aliphatic heterocycles. The van der Waals surface area contributed by atoms with E-state index in [-0.39, 0.29) is 23.8 Å². The van der Waals surface area contributed by atoms with Gasteiger partial charge in [0, 0.05) is 12.5 Å². The van der Waals surface area contributed by atoms with Crippen molar-refractivity contribution in [3.8, 4) is 0 Å². The van der Waals surface area contributed by atoms with Gasteiger partial charge in [0.15, 0.2) is 0 Å². The second kappa shape index (κ2) is 8.15. The van der Waals surface area contributed by atoms with Crippen LogP contribution in [-0.4, -0.2) is 34.7 Å². The predicted octanol–water partition coefficient (Wildman–Crippen LogP) is 1.54. The standard InChI is InChI=1S/C14H25NO4/c1-2-12(16)7-4-8-15-13(17)10-5-3-6-11(9-10)14(18)19/h10-12,16H,2-9H2,1H3,(H,15,17)(H,18,19). The van der Waals surface area contributed by atoms with Crippen LogP contribution in [0.15, 0.2) is 0 Å². The molecular formula is C14H25NO4. The lowest BCUT2D eigenvalue weighted by Crippen LogP contribution is -2.36. The van der Waals surface area contributed by atoms with Crippen molar-refractivity contribution in [2.24, 2.45) is 11.8 Å². The van der Waals surface area contributed by atoms with Crippen molar-refractivity contribution in [1.82, 2.24) is 5.32 Å². The zero-order valence-corrected chi connectivity index (χ0v) is 11.6. The van der Waals surface area contributed by atoms with E-state index in [4.69, 9.17) is 5.11 Å². The van der Waals surface area contributed by atoms with Crippen LogP contribution in [0.3, 0.4) is 0 Å². The Labute approximate surface area is 114 Å². The van der Waals surface area contributed by atoms with E-state index < -0.39 is 5.97 Å². The average molecular weight is 271 g/mol. The summed E-state index contributed by atoms with van der Waals surface area (Å²) in [6, 6.07) is 0. The van der Waals surface area contributed by atoms with Crippen LogP contribution in [0.4, 0.5) is 0 Å². The van der Waals surface area contributed by atoms with Gasteiger partial charge in [0.2, 0.25) is 5.91 Å². The molecule has 0 saturated heterocycles.